The molecule has 7 nitrogen and oxygen atoms in total. The molecule has 1 N–H and O–H groups in total. The van der Waals surface area contributed by atoms with Gasteiger partial charge in [-0.15, -0.1) is 5.10 Å². The summed E-state index contributed by atoms with van der Waals surface area (Å²) < 4.78 is 12.4. The zero-order chi connectivity index (χ0) is 16.2. The van der Waals surface area contributed by atoms with Gasteiger partial charge in [-0.3, -0.25) is 0 Å². The molecule has 0 amide bonds. The standard InChI is InChI=1S/C16H19N3O4/c1-22-12-5-7-13(8-6-12)23-10-9-19-15(11-3-2-4-11)14(16(20)21)17-18-19/h5-8,11H,2-4,9-10H2,1H3,(H,20,21). The number of carboxylic acids is 1. The maximum atomic E-state index is 11.3. The summed E-state index contributed by atoms with van der Waals surface area (Å²) in [5, 5.41) is 17.0. The van der Waals surface area contributed by atoms with Gasteiger partial charge in [0.25, 0.3) is 0 Å². The van der Waals surface area contributed by atoms with Crippen LogP contribution in [-0.2, 0) is 6.54 Å². The first-order chi connectivity index (χ1) is 11.2. The Kier molecular flexibility index (Phi) is 4.45. The maximum Gasteiger partial charge on any atom is 0.358 e. The van der Waals surface area contributed by atoms with E-state index in [1.165, 1.54) is 0 Å². The van der Waals surface area contributed by atoms with Gasteiger partial charge in [-0.25, -0.2) is 9.48 Å². The van der Waals surface area contributed by atoms with E-state index in [1.54, 1.807) is 11.8 Å². The fourth-order valence-corrected chi connectivity index (χ4v) is 2.65. The number of benzene rings is 1. The SMILES string of the molecule is COc1ccc(OCCn2nnc(C(=O)O)c2C2CCC2)cc1. The predicted molar refractivity (Wildman–Crippen MR) is 82.1 cm³/mol. The van der Waals surface area contributed by atoms with E-state index in [0.717, 1.165) is 36.5 Å². The normalized spacial score (nSPS) is 14.3. The van der Waals surface area contributed by atoms with Crippen LogP contribution in [0.5, 0.6) is 11.5 Å². The van der Waals surface area contributed by atoms with Gasteiger partial charge in [-0.2, -0.15) is 0 Å². The molecule has 1 aromatic heterocycles. The van der Waals surface area contributed by atoms with Crippen LogP contribution in [0.1, 0.15) is 41.4 Å². The third-order valence-corrected chi connectivity index (χ3v) is 4.10. The van der Waals surface area contributed by atoms with E-state index >= 15 is 0 Å². The predicted octanol–water partition coefficient (Wildman–Crippen LogP) is 2.33. The lowest BCUT2D eigenvalue weighted by Crippen LogP contribution is -2.20. The number of rotatable bonds is 7. The molecule has 3 rings (SSSR count). The molecular formula is C16H19N3O4. The topological polar surface area (TPSA) is 86.5 Å². The van der Waals surface area contributed by atoms with Crippen LogP contribution >= 0.6 is 0 Å². The van der Waals surface area contributed by atoms with Crippen LogP contribution in [0.15, 0.2) is 24.3 Å². The summed E-state index contributed by atoms with van der Waals surface area (Å²) in [6.07, 6.45) is 3.11. The van der Waals surface area contributed by atoms with Gasteiger partial charge in [0.1, 0.15) is 18.1 Å². The van der Waals surface area contributed by atoms with Crippen LogP contribution < -0.4 is 9.47 Å². The Labute approximate surface area is 133 Å². The van der Waals surface area contributed by atoms with Gasteiger partial charge in [-0.05, 0) is 37.1 Å². The van der Waals surface area contributed by atoms with E-state index in [1.807, 2.05) is 24.3 Å². The van der Waals surface area contributed by atoms with Crippen molar-refractivity contribution >= 4 is 5.97 Å². The zero-order valence-corrected chi connectivity index (χ0v) is 12.9. The van der Waals surface area contributed by atoms with E-state index in [-0.39, 0.29) is 11.6 Å². The maximum absolute atomic E-state index is 11.3. The number of hydrogen-bond donors (Lipinski definition) is 1. The third kappa shape index (κ3) is 3.28. The minimum atomic E-state index is -1.02. The van der Waals surface area contributed by atoms with Gasteiger partial charge in [0.05, 0.1) is 19.3 Å². The van der Waals surface area contributed by atoms with Crippen molar-refractivity contribution in [1.82, 2.24) is 15.0 Å². The fourth-order valence-electron chi connectivity index (χ4n) is 2.65. The van der Waals surface area contributed by atoms with Gasteiger partial charge in [0.15, 0.2) is 5.69 Å². The van der Waals surface area contributed by atoms with Crippen molar-refractivity contribution in [2.75, 3.05) is 13.7 Å². The summed E-state index contributed by atoms with van der Waals surface area (Å²) in [7, 11) is 1.61. The molecule has 0 spiro atoms. The number of ether oxygens (including phenoxy) is 2. The van der Waals surface area contributed by atoms with Crippen molar-refractivity contribution in [2.24, 2.45) is 0 Å². The summed E-state index contributed by atoms with van der Waals surface area (Å²) in [5.41, 5.74) is 0.793. The first-order valence-electron chi connectivity index (χ1n) is 7.62. The Balaban J connectivity index is 1.64. The number of methoxy groups -OCH3 is 1. The largest absolute Gasteiger partial charge is 0.497 e. The molecule has 0 atom stereocenters. The van der Waals surface area contributed by atoms with Crippen molar-refractivity contribution in [3.8, 4) is 11.5 Å². The second-order valence-electron chi connectivity index (χ2n) is 5.50. The molecule has 0 bridgehead atoms. The van der Waals surface area contributed by atoms with E-state index in [9.17, 15) is 9.90 Å². The van der Waals surface area contributed by atoms with Crippen LogP contribution in [0.2, 0.25) is 0 Å². The smallest absolute Gasteiger partial charge is 0.358 e. The van der Waals surface area contributed by atoms with E-state index < -0.39 is 5.97 Å². The van der Waals surface area contributed by atoms with Crippen molar-refractivity contribution in [1.29, 1.82) is 0 Å². The van der Waals surface area contributed by atoms with Gasteiger partial charge < -0.3 is 14.6 Å². The molecule has 1 fully saturated rings. The fraction of sp³-hybridized carbons (Fsp3) is 0.438. The highest BCUT2D eigenvalue weighted by Crippen LogP contribution is 2.37. The average molecular weight is 317 g/mol. The quantitative estimate of drug-likeness (QED) is 0.843. The monoisotopic (exact) mass is 317 g/mol. The third-order valence-electron chi connectivity index (χ3n) is 4.10. The lowest BCUT2D eigenvalue weighted by atomic mass is 9.82. The minimum Gasteiger partial charge on any atom is -0.497 e. The number of aromatic carboxylic acids is 1. The Morgan fingerprint density at radius 2 is 2.00 bits per heavy atom. The first kappa shape index (κ1) is 15.3. The Morgan fingerprint density at radius 1 is 1.30 bits per heavy atom. The molecule has 0 aliphatic heterocycles. The number of hydrogen-bond acceptors (Lipinski definition) is 5. The van der Waals surface area contributed by atoms with Crippen molar-refractivity contribution in [3.63, 3.8) is 0 Å². The summed E-state index contributed by atoms with van der Waals surface area (Å²) in [6.45, 7) is 0.868. The Hall–Kier alpha value is -2.57. The summed E-state index contributed by atoms with van der Waals surface area (Å²) in [5.74, 6) is 0.730. The number of carboxylic acid groups (broad SMARTS) is 1. The van der Waals surface area contributed by atoms with Crippen LogP contribution in [0.3, 0.4) is 0 Å². The molecule has 122 valence electrons. The van der Waals surface area contributed by atoms with Crippen LogP contribution in [-0.4, -0.2) is 39.8 Å². The number of aromatic nitrogens is 3. The Bertz CT molecular complexity index is 677. The molecule has 1 aliphatic carbocycles. The highest BCUT2D eigenvalue weighted by atomic mass is 16.5. The molecule has 0 unspecified atom stereocenters. The van der Waals surface area contributed by atoms with Crippen molar-refractivity contribution in [2.45, 2.75) is 31.7 Å². The molecule has 1 aromatic carbocycles. The Morgan fingerprint density at radius 3 is 2.57 bits per heavy atom. The van der Waals surface area contributed by atoms with Gasteiger partial charge in [0.2, 0.25) is 0 Å². The lowest BCUT2D eigenvalue weighted by molar-refractivity contribution is 0.0687. The second-order valence-corrected chi connectivity index (χ2v) is 5.50. The number of nitrogens with zero attached hydrogens (tertiary/aromatic N) is 3. The minimum absolute atomic E-state index is 0.0687. The van der Waals surface area contributed by atoms with Gasteiger partial charge in [-0.1, -0.05) is 11.6 Å². The highest BCUT2D eigenvalue weighted by Gasteiger charge is 2.30. The van der Waals surface area contributed by atoms with Gasteiger partial charge >= 0.3 is 5.97 Å². The highest BCUT2D eigenvalue weighted by molar-refractivity contribution is 5.86. The summed E-state index contributed by atoms with van der Waals surface area (Å²) in [4.78, 5) is 11.3. The van der Waals surface area contributed by atoms with Gasteiger partial charge in [0, 0.05) is 5.92 Å². The van der Waals surface area contributed by atoms with Crippen LogP contribution in [0, 0.1) is 0 Å². The second kappa shape index (κ2) is 6.68. The molecule has 1 heterocycles. The molecule has 7 heteroatoms. The zero-order valence-electron chi connectivity index (χ0n) is 12.9. The molecule has 0 saturated heterocycles. The molecular weight excluding hydrogens is 298 g/mol. The van der Waals surface area contributed by atoms with Crippen molar-refractivity contribution < 1.29 is 19.4 Å². The average Bonchev–Trinajstić information content (AvgIpc) is 2.90. The van der Waals surface area contributed by atoms with Crippen molar-refractivity contribution in [3.05, 3.63) is 35.7 Å². The van der Waals surface area contributed by atoms with E-state index in [2.05, 4.69) is 10.3 Å². The lowest BCUT2D eigenvalue weighted by Gasteiger charge is -2.26. The van der Waals surface area contributed by atoms with E-state index in [0.29, 0.717) is 13.2 Å². The molecule has 23 heavy (non-hydrogen) atoms. The van der Waals surface area contributed by atoms with Crippen LogP contribution in [0.25, 0.3) is 0 Å². The molecule has 0 radical (unpaired) electrons. The van der Waals surface area contributed by atoms with Crippen LogP contribution in [0.4, 0.5) is 0 Å². The molecule has 1 aliphatic rings. The summed E-state index contributed by atoms with van der Waals surface area (Å²) in [6, 6.07) is 7.31. The first-order valence-corrected chi connectivity index (χ1v) is 7.62. The summed E-state index contributed by atoms with van der Waals surface area (Å²) >= 11 is 0. The number of carbonyl (C=O) groups is 1. The molecule has 1 saturated carbocycles. The molecule has 2 aromatic rings. The van der Waals surface area contributed by atoms with E-state index in [4.69, 9.17) is 9.47 Å².